The van der Waals surface area contributed by atoms with E-state index >= 15 is 0 Å². The molecule has 0 saturated carbocycles. The molecule has 0 aromatic carbocycles. The minimum atomic E-state index is 0. The third kappa shape index (κ3) is 18.0. The van der Waals surface area contributed by atoms with Gasteiger partial charge in [-0.2, -0.15) is 0 Å². The molecule has 0 rings (SSSR count). The van der Waals surface area contributed by atoms with E-state index in [1.807, 2.05) is 0 Å². The SMILES string of the molecule is CCCCCCCCCCCCCCNC(C)(C)CCC.O. The van der Waals surface area contributed by atoms with Gasteiger partial charge in [-0.05, 0) is 33.2 Å². The van der Waals surface area contributed by atoms with Crippen molar-refractivity contribution in [1.29, 1.82) is 0 Å². The summed E-state index contributed by atoms with van der Waals surface area (Å²) >= 11 is 0. The molecule has 0 aromatic heterocycles. The lowest BCUT2D eigenvalue weighted by molar-refractivity contribution is 0.354. The second-order valence-electron chi connectivity index (χ2n) is 7.45. The summed E-state index contributed by atoms with van der Waals surface area (Å²) in [6, 6.07) is 0. The zero-order valence-electron chi connectivity index (χ0n) is 16.1. The maximum absolute atomic E-state index is 3.70. The second-order valence-corrected chi connectivity index (χ2v) is 7.45. The van der Waals surface area contributed by atoms with Crippen molar-refractivity contribution in [2.75, 3.05) is 6.54 Å². The van der Waals surface area contributed by atoms with Crippen LogP contribution in [0.25, 0.3) is 0 Å². The van der Waals surface area contributed by atoms with Crippen LogP contribution in [0.1, 0.15) is 118 Å². The maximum atomic E-state index is 3.70. The molecule has 0 aliphatic carbocycles. The summed E-state index contributed by atoms with van der Waals surface area (Å²) < 4.78 is 0. The fourth-order valence-corrected chi connectivity index (χ4v) is 3.11. The molecule has 22 heavy (non-hydrogen) atoms. The highest BCUT2D eigenvalue weighted by Crippen LogP contribution is 2.13. The van der Waals surface area contributed by atoms with Crippen molar-refractivity contribution in [3.63, 3.8) is 0 Å². The molecule has 0 heterocycles. The molecule has 136 valence electrons. The van der Waals surface area contributed by atoms with Gasteiger partial charge in [0.2, 0.25) is 0 Å². The Morgan fingerprint density at radius 2 is 1.00 bits per heavy atom. The van der Waals surface area contributed by atoms with E-state index in [1.54, 1.807) is 0 Å². The van der Waals surface area contributed by atoms with Gasteiger partial charge in [0.25, 0.3) is 0 Å². The van der Waals surface area contributed by atoms with Gasteiger partial charge in [-0.15, -0.1) is 0 Å². The fourth-order valence-electron chi connectivity index (χ4n) is 3.11. The summed E-state index contributed by atoms with van der Waals surface area (Å²) in [7, 11) is 0. The summed E-state index contributed by atoms with van der Waals surface area (Å²) in [6.45, 7) is 10.4. The van der Waals surface area contributed by atoms with E-state index in [1.165, 1.54) is 96.4 Å². The van der Waals surface area contributed by atoms with Crippen molar-refractivity contribution in [2.24, 2.45) is 0 Å². The van der Waals surface area contributed by atoms with Crippen LogP contribution in [-0.2, 0) is 0 Å². The number of rotatable bonds is 16. The average Bonchev–Trinajstić information content (AvgIpc) is 2.44. The molecule has 3 N–H and O–H groups in total. The van der Waals surface area contributed by atoms with Gasteiger partial charge >= 0.3 is 0 Å². The van der Waals surface area contributed by atoms with Crippen molar-refractivity contribution in [1.82, 2.24) is 5.32 Å². The third-order valence-corrected chi connectivity index (χ3v) is 4.51. The first-order valence-corrected chi connectivity index (χ1v) is 9.87. The predicted octanol–water partition coefficient (Wildman–Crippen LogP) is 6.03. The van der Waals surface area contributed by atoms with Crippen LogP contribution in [0.2, 0.25) is 0 Å². The molecular formula is C20H45NO. The van der Waals surface area contributed by atoms with Gasteiger partial charge in [0, 0.05) is 5.54 Å². The Bertz CT molecular complexity index is 204. The van der Waals surface area contributed by atoms with Crippen LogP contribution in [0.15, 0.2) is 0 Å². The van der Waals surface area contributed by atoms with Crippen LogP contribution >= 0.6 is 0 Å². The van der Waals surface area contributed by atoms with Gasteiger partial charge in [-0.1, -0.05) is 90.9 Å². The molecule has 2 heteroatoms. The molecule has 0 aromatic rings. The van der Waals surface area contributed by atoms with Gasteiger partial charge in [0.15, 0.2) is 0 Å². The van der Waals surface area contributed by atoms with Crippen LogP contribution in [0, 0.1) is 0 Å². The van der Waals surface area contributed by atoms with Gasteiger partial charge in [-0.25, -0.2) is 0 Å². The van der Waals surface area contributed by atoms with E-state index in [0.29, 0.717) is 5.54 Å². The van der Waals surface area contributed by atoms with Gasteiger partial charge < -0.3 is 10.8 Å². The average molecular weight is 316 g/mol. The van der Waals surface area contributed by atoms with E-state index in [-0.39, 0.29) is 5.48 Å². The van der Waals surface area contributed by atoms with Gasteiger partial charge in [0.05, 0.1) is 0 Å². The first-order chi connectivity index (χ1) is 10.1. The van der Waals surface area contributed by atoms with Crippen LogP contribution in [-0.4, -0.2) is 17.6 Å². The van der Waals surface area contributed by atoms with Crippen molar-refractivity contribution in [3.05, 3.63) is 0 Å². The van der Waals surface area contributed by atoms with Crippen LogP contribution in [0.4, 0.5) is 0 Å². The lowest BCUT2D eigenvalue weighted by Gasteiger charge is -2.25. The lowest BCUT2D eigenvalue weighted by atomic mass is 9.98. The Hall–Kier alpha value is -0.0800. The van der Waals surface area contributed by atoms with Crippen LogP contribution in [0.3, 0.4) is 0 Å². The molecule has 0 aliphatic rings. The summed E-state index contributed by atoms with van der Waals surface area (Å²) in [6.07, 6.45) is 19.8. The van der Waals surface area contributed by atoms with Crippen LogP contribution < -0.4 is 5.32 Å². The monoisotopic (exact) mass is 315 g/mol. The predicted molar refractivity (Wildman–Crippen MR) is 102 cm³/mol. The number of hydrogen-bond acceptors (Lipinski definition) is 1. The van der Waals surface area contributed by atoms with E-state index in [9.17, 15) is 0 Å². The highest BCUT2D eigenvalue weighted by molar-refractivity contribution is 4.76. The molecule has 0 atom stereocenters. The quantitative estimate of drug-likeness (QED) is 0.347. The minimum absolute atomic E-state index is 0. The summed E-state index contributed by atoms with van der Waals surface area (Å²) in [5.41, 5.74) is 0.340. The van der Waals surface area contributed by atoms with E-state index in [2.05, 4.69) is 33.0 Å². The number of unbranched alkanes of at least 4 members (excludes halogenated alkanes) is 11. The molecule has 0 bridgehead atoms. The molecule has 0 aliphatic heterocycles. The molecule has 0 amide bonds. The topological polar surface area (TPSA) is 43.5 Å². The van der Waals surface area contributed by atoms with E-state index in [0.717, 1.165) is 0 Å². The van der Waals surface area contributed by atoms with Crippen molar-refractivity contribution >= 4 is 0 Å². The highest BCUT2D eigenvalue weighted by Gasteiger charge is 2.14. The van der Waals surface area contributed by atoms with Crippen molar-refractivity contribution in [3.8, 4) is 0 Å². The number of hydrogen-bond donors (Lipinski definition) is 1. The second kappa shape index (κ2) is 17.3. The van der Waals surface area contributed by atoms with Gasteiger partial charge in [-0.3, -0.25) is 0 Å². The Morgan fingerprint density at radius 1 is 0.591 bits per heavy atom. The summed E-state index contributed by atoms with van der Waals surface area (Å²) in [5, 5.41) is 3.70. The Morgan fingerprint density at radius 3 is 1.41 bits per heavy atom. The van der Waals surface area contributed by atoms with E-state index < -0.39 is 0 Å². The molecule has 0 radical (unpaired) electrons. The first kappa shape index (κ1) is 24.2. The zero-order valence-corrected chi connectivity index (χ0v) is 16.1. The van der Waals surface area contributed by atoms with E-state index in [4.69, 9.17) is 0 Å². The molecule has 0 saturated heterocycles. The fraction of sp³-hybridized carbons (Fsp3) is 1.00. The number of nitrogens with one attached hydrogen (secondary N) is 1. The minimum Gasteiger partial charge on any atom is -0.412 e. The standard InChI is InChI=1S/C20H43N.H2O/c1-5-7-8-9-10-11-12-13-14-15-16-17-19-21-20(3,4)18-6-2;/h21H,5-19H2,1-4H3;1H2. The maximum Gasteiger partial charge on any atom is 0.0125 e. The largest absolute Gasteiger partial charge is 0.412 e. The molecule has 0 spiro atoms. The molecular weight excluding hydrogens is 270 g/mol. The molecule has 0 unspecified atom stereocenters. The van der Waals surface area contributed by atoms with Crippen molar-refractivity contribution < 1.29 is 5.48 Å². The van der Waals surface area contributed by atoms with Gasteiger partial charge in [0.1, 0.15) is 0 Å². The summed E-state index contributed by atoms with van der Waals surface area (Å²) in [5.74, 6) is 0. The zero-order chi connectivity index (χ0) is 15.8. The smallest absolute Gasteiger partial charge is 0.0125 e. The Labute approximate surface area is 141 Å². The molecule has 0 fully saturated rings. The third-order valence-electron chi connectivity index (χ3n) is 4.51. The lowest BCUT2D eigenvalue weighted by Crippen LogP contribution is -2.39. The Kier molecular flexibility index (Phi) is 19.0. The van der Waals surface area contributed by atoms with Crippen molar-refractivity contribution in [2.45, 2.75) is 123 Å². The summed E-state index contributed by atoms with van der Waals surface area (Å²) in [4.78, 5) is 0. The normalized spacial score (nSPS) is 11.5. The first-order valence-electron chi connectivity index (χ1n) is 9.87. The van der Waals surface area contributed by atoms with Crippen LogP contribution in [0.5, 0.6) is 0 Å². The highest BCUT2D eigenvalue weighted by atomic mass is 16.0. The Balaban J connectivity index is 0. The molecule has 2 nitrogen and oxygen atoms in total.